The zero-order valence-corrected chi connectivity index (χ0v) is 13.4. The van der Waals surface area contributed by atoms with Crippen molar-refractivity contribution in [2.45, 2.75) is 39.7 Å². The molecule has 1 aromatic rings. The minimum absolute atomic E-state index is 0.552. The Labute approximate surface area is 127 Å². The summed E-state index contributed by atoms with van der Waals surface area (Å²) in [5, 5.41) is 3.16. The van der Waals surface area contributed by atoms with Gasteiger partial charge in [-0.2, -0.15) is 0 Å². The van der Waals surface area contributed by atoms with E-state index in [0.29, 0.717) is 18.4 Å². The van der Waals surface area contributed by atoms with E-state index in [0.717, 1.165) is 26.2 Å². The van der Waals surface area contributed by atoms with Gasteiger partial charge in [0.1, 0.15) is 0 Å². The highest BCUT2D eigenvalue weighted by Crippen LogP contribution is 2.14. The lowest BCUT2D eigenvalue weighted by Gasteiger charge is -2.09. The molecule has 4 N–H and O–H groups in total. The van der Waals surface area contributed by atoms with Gasteiger partial charge in [0.25, 0.3) is 0 Å². The van der Waals surface area contributed by atoms with E-state index in [4.69, 9.17) is 10.6 Å². The second-order valence-electron chi connectivity index (χ2n) is 5.18. The molecule has 0 aliphatic rings. The van der Waals surface area contributed by atoms with Gasteiger partial charge in [0.2, 0.25) is 5.96 Å². The van der Waals surface area contributed by atoms with Crippen molar-refractivity contribution >= 4 is 5.96 Å². The minimum Gasteiger partial charge on any atom is -0.382 e. The van der Waals surface area contributed by atoms with Crippen molar-refractivity contribution < 1.29 is 4.74 Å². The first-order valence-electron chi connectivity index (χ1n) is 7.58. The number of hydrogen-bond acceptors (Lipinski definition) is 3. The summed E-state index contributed by atoms with van der Waals surface area (Å²) in [6.07, 6.45) is 0.928. The fourth-order valence-electron chi connectivity index (χ4n) is 1.86. The topological polar surface area (TPSA) is 71.7 Å². The van der Waals surface area contributed by atoms with Gasteiger partial charge in [0.05, 0.1) is 6.54 Å². The van der Waals surface area contributed by atoms with Crippen LogP contribution in [-0.4, -0.2) is 25.7 Å². The number of benzene rings is 1. The second-order valence-corrected chi connectivity index (χ2v) is 5.18. The summed E-state index contributed by atoms with van der Waals surface area (Å²) in [6, 6.07) is 8.53. The molecule has 1 rings (SSSR count). The molecule has 0 unspecified atom stereocenters. The first-order valence-corrected chi connectivity index (χ1v) is 7.58. The van der Waals surface area contributed by atoms with Crippen molar-refractivity contribution in [2.75, 3.05) is 19.8 Å². The van der Waals surface area contributed by atoms with E-state index in [-0.39, 0.29) is 0 Å². The first-order chi connectivity index (χ1) is 10.2. The van der Waals surface area contributed by atoms with Gasteiger partial charge in [-0.15, -0.1) is 0 Å². The van der Waals surface area contributed by atoms with Crippen LogP contribution in [0.3, 0.4) is 0 Å². The number of nitrogens with two attached hydrogens (primary N) is 1. The Morgan fingerprint density at radius 1 is 1.29 bits per heavy atom. The second kappa shape index (κ2) is 10.2. The van der Waals surface area contributed by atoms with Crippen molar-refractivity contribution in [3.8, 4) is 0 Å². The van der Waals surface area contributed by atoms with Crippen LogP contribution < -0.4 is 16.6 Å². The van der Waals surface area contributed by atoms with Crippen LogP contribution in [-0.2, 0) is 11.3 Å². The number of rotatable bonds is 8. The minimum atomic E-state index is 0.552. The zero-order chi connectivity index (χ0) is 15.5. The molecule has 0 saturated carbocycles. The quantitative estimate of drug-likeness (QED) is 0.226. The van der Waals surface area contributed by atoms with Crippen LogP contribution >= 0.6 is 0 Å². The molecule has 118 valence electrons. The number of nitrogens with one attached hydrogen (secondary N) is 2. The van der Waals surface area contributed by atoms with Gasteiger partial charge in [0, 0.05) is 19.8 Å². The van der Waals surface area contributed by atoms with Crippen LogP contribution in [0.4, 0.5) is 0 Å². The van der Waals surface area contributed by atoms with Crippen LogP contribution in [0.2, 0.25) is 0 Å². The summed E-state index contributed by atoms with van der Waals surface area (Å²) in [5.74, 6) is 6.63. The lowest BCUT2D eigenvalue weighted by atomic mass is 10.0. The van der Waals surface area contributed by atoms with Crippen LogP contribution in [0.25, 0.3) is 0 Å². The summed E-state index contributed by atoms with van der Waals surface area (Å²) >= 11 is 0. The molecule has 0 aliphatic carbocycles. The molecule has 0 bridgehead atoms. The predicted octanol–water partition coefficient (Wildman–Crippen LogP) is 2.15. The normalized spacial score (nSPS) is 11.8. The summed E-state index contributed by atoms with van der Waals surface area (Å²) in [5.41, 5.74) is 5.10. The number of ether oxygens (including phenoxy) is 1. The Morgan fingerprint density at radius 3 is 2.57 bits per heavy atom. The van der Waals surface area contributed by atoms with Crippen LogP contribution in [0.15, 0.2) is 29.3 Å². The van der Waals surface area contributed by atoms with E-state index in [1.54, 1.807) is 0 Å². The summed E-state index contributed by atoms with van der Waals surface area (Å²) < 4.78 is 5.28. The maximum atomic E-state index is 5.47. The molecular formula is C16H28N4O. The molecule has 21 heavy (non-hydrogen) atoms. The zero-order valence-electron chi connectivity index (χ0n) is 13.4. The molecule has 0 amide bonds. The highest BCUT2D eigenvalue weighted by molar-refractivity contribution is 5.79. The Balaban J connectivity index is 2.40. The number of nitrogens with zero attached hydrogens (tertiary/aromatic N) is 1. The molecule has 0 aromatic heterocycles. The highest BCUT2D eigenvalue weighted by atomic mass is 16.5. The summed E-state index contributed by atoms with van der Waals surface area (Å²) in [6.45, 7) is 9.27. The SMILES string of the molecule is CCOCCCNC(=NCc1ccc(C(C)C)cc1)NN. The number of guanidine groups is 1. The highest BCUT2D eigenvalue weighted by Gasteiger charge is 1.99. The fourth-order valence-corrected chi connectivity index (χ4v) is 1.86. The van der Waals surface area contributed by atoms with Gasteiger partial charge < -0.3 is 10.1 Å². The van der Waals surface area contributed by atoms with Crippen LogP contribution in [0, 0.1) is 0 Å². The van der Waals surface area contributed by atoms with Crippen molar-refractivity contribution in [3.63, 3.8) is 0 Å². The largest absolute Gasteiger partial charge is 0.382 e. The summed E-state index contributed by atoms with van der Waals surface area (Å²) in [7, 11) is 0. The molecule has 1 aromatic carbocycles. The number of hydrazine groups is 1. The lowest BCUT2D eigenvalue weighted by Crippen LogP contribution is -2.42. The van der Waals surface area contributed by atoms with Crippen molar-refractivity contribution in [3.05, 3.63) is 35.4 Å². The monoisotopic (exact) mass is 292 g/mol. The Bertz CT molecular complexity index is 415. The lowest BCUT2D eigenvalue weighted by molar-refractivity contribution is 0.145. The molecule has 0 atom stereocenters. The van der Waals surface area contributed by atoms with E-state index in [9.17, 15) is 0 Å². The van der Waals surface area contributed by atoms with E-state index in [1.807, 2.05) is 6.92 Å². The fraction of sp³-hybridized carbons (Fsp3) is 0.562. The third-order valence-corrected chi connectivity index (χ3v) is 3.16. The maximum absolute atomic E-state index is 5.47. The molecule has 0 saturated heterocycles. The summed E-state index contributed by atoms with van der Waals surface area (Å²) in [4.78, 5) is 4.43. The molecule has 0 spiro atoms. The van der Waals surface area contributed by atoms with Gasteiger partial charge in [-0.3, -0.25) is 5.43 Å². The third kappa shape index (κ3) is 7.11. The van der Waals surface area contributed by atoms with E-state index < -0.39 is 0 Å². The van der Waals surface area contributed by atoms with Crippen LogP contribution in [0.1, 0.15) is 44.2 Å². The Hall–Kier alpha value is -1.59. The molecule has 0 aliphatic heterocycles. The molecule has 0 fully saturated rings. The molecule has 0 heterocycles. The van der Waals surface area contributed by atoms with Gasteiger partial charge >= 0.3 is 0 Å². The van der Waals surface area contributed by atoms with Gasteiger partial charge in [-0.25, -0.2) is 10.8 Å². The molecule has 5 heteroatoms. The Kier molecular flexibility index (Phi) is 8.47. The van der Waals surface area contributed by atoms with Crippen molar-refractivity contribution in [2.24, 2.45) is 10.8 Å². The van der Waals surface area contributed by atoms with Crippen molar-refractivity contribution in [1.29, 1.82) is 0 Å². The maximum Gasteiger partial charge on any atom is 0.206 e. The number of aliphatic imine (C=N–C) groups is 1. The average molecular weight is 292 g/mol. The van der Waals surface area contributed by atoms with E-state index in [1.165, 1.54) is 11.1 Å². The first kappa shape index (κ1) is 17.5. The average Bonchev–Trinajstić information content (AvgIpc) is 2.50. The number of hydrogen-bond donors (Lipinski definition) is 3. The Morgan fingerprint density at radius 2 is 2.00 bits per heavy atom. The molecule has 0 radical (unpaired) electrons. The van der Waals surface area contributed by atoms with E-state index >= 15 is 0 Å². The van der Waals surface area contributed by atoms with Gasteiger partial charge in [-0.1, -0.05) is 38.1 Å². The third-order valence-electron chi connectivity index (χ3n) is 3.16. The van der Waals surface area contributed by atoms with Gasteiger partial charge in [-0.05, 0) is 30.4 Å². The standard InChI is InChI=1S/C16H28N4O/c1-4-21-11-5-10-18-16(20-17)19-12-14-6-8-15(9-7-14)13(2)3/h6-9,13H,4-5,10-12,17H2,1-3H3,(H2,18,19,20). The van der Waals surface area contributed by atoms with Crippen molar-refractivity contribution in [1.82, 2.24) is 10.7 Å². The molecule has 5 nitrogen and oxygen atoms in total. The smallest absolute Gasteiger partial charge is 0.206 e. The van der Waals surface area contributed by atoms with Gasteiger partial charge in [0.15, 0.2) is 0 Å². The molecular weight excluding hydrogens is 264 g/mol. The van der Waals surface area contributed by atoms with E-state index in [2.05, 4.69) is 53.8 Å². The predicted molar refractivity (Wildman–Crippen MR) is 88.1 cm³/mol. The van der Waals surface area contributed by atoms with Crippen LogP contribution in [0.5, 0.6) is 0 Å².